The van der Waals surface area contributed by atoms with Crippen LogP contribution in [-0.2, 0) is 6.54 Å². The minimum Gasteiger partial charge on any atom is -0.497 e. The maximum atomic E-state index is 8.91. The maximum absolute atomic E-state index is 8.91. The topological polar surface area (TPSA) is 54.3 Å². The molecule has 0 amide bonds. The summed E-state index contributed by atoms with van der Waals surface area (Å²) >= 11 is 3.38. The number of nitrogens with one attached hydrogen (secondary N) is 1. The number of halogens is 1. The lowest BCUT2D eigenvalue weighted by Gasteiger charge is -2.12. The first-order chi connectivity index (χ1) is 10.2. The lowest BCUT2D eigenvalue weighted by Crippen LogP contribution is -2.02. The van der Waals surface area contributed by atoms with Gasteiger partial charge in [0.05, 0.1) is 19.8 Å². The van der Waals surface area contributed by atoms with Crippen molar-refractivity contribution in [1.82, 2.24) is 0 Å². The van der Waals surface area contributed by atoms with Crippen LogP contribution in [0.5, 0.6) is 11.5 Å². The van der Waals surface area contributed by atoms with Crippen LogP contribution >= 0.6 is 15.9 Å². The number of hydrogen-bond donors (Lipinski definition) is 1. The summed E-state index contributed by atoms with van der Waals surface area (Å²) in [5.41, 5.74) is 2.57. The molecule has 0 fully saturated rings. The molecular weight excluding hydrogens is 332 g/mol. The molecule has 5 heteroatoms. The van der Waals surface area contributed by atoms with Crippen molar-refractivity contribution in [3.8, 4) is 17.6 Å². The standard InChI is InChI=1S/C16H15BrN2O2/c1-20-14-6-4-12(16(8-14)21-2)10-19-13-5-3-11(9-18)15(17)7-13/h3-8,19H,10H2,1-2H3. The van der Waals surface area contributed by atoms with Gasteiger partial charge >= 0.3 is 0 Å². The number of nitriles is 1. The summed E-state index contributed by atoms with van der Waals surface area (Å²) in [6, 6.07) is 13.4. The van der Waals surface area contributed by atoms with E-state index in [-0.39, 0.29) is 0 Å². The lowest BCUT2D eigenvalue weighted by atomic mass is 10.1. The summed E-state index contributed by atoms with van der Waals surface area (Å²) in [5, 5.41) is 12.2. The molecule has 1 N–H and O–H groups in total. The highest BCUT2D eigenvalue weighted by molar-refractivity contribution is 9.10. The fourth-order valence-electron chi connectivity index (χ4n) is 1.91. The molecule has 0 unspecified atom stereocenters. The molecule has 21 heavy (non-hydrogen) atoms. The van der Waals surface area contributed by atoms with Crippen LogP contribution in [0, 0.1) is 11.3 Å². The molecule has 0 saturated heterocycles. The highest BCUT2D eigenvalue weighted by Gasteiger charge is 2.06. The van der Waals surface area contributed by atoms with Gasteiger partial charge in [0, 0.05) is 28.3 Å². The number of nitrogens with zero attached hydrogens (tertiary/aromatic N) is 1. The maximum Gasteiger partial charge on any atom is 0.127 e. The van der Waals surface area contributed by atoms with Crippen molar-refractivity contribution in [3.05, 3.63) is 52.0 Å². The Bertz CT molecular complexity index is 680. The molecule has 2 rings (SSSR count). The van der Waals surface area contributed by atoms with E-state index in [2.05, 4.69) is 27.3 Å². The second kappa shape index (κ2) is 7.00. The molecule has 0 atom stereocenters. The SMILES string of the molecule is COc1ccc(CNc2ccc(C#N)c(Br)c2)c(OC)c1. The van der Waals surface area contributed by atoms with Crippen molar-refractivity contribution in [2.75, 3.05) is 19.5 Å². The monoisotopic (exact) mass is 346 g/mol. The average Bonchev–Trinajstić information content (AvgIpc) is 2.52. The van der Waals surface area contributed by atoms with Gasteiger partial charge in [-0.3, -0.25) is 0 Å². The molecule has 0 aromatic heterocycles. The number of benzene rings is 2. The second-order valence-corrected chi connectivity index (χ2v) is 5.19. The zero-order valence-corrected chi connectivity index (χ0v) is 13.4. The zero-order valence-electron chi connectivity index (χ0n) is 11.8. The summed E-state index contributed by atoms with van der Waals surface area (Å²) < 4.78 is 11.3. The van der Waals surface area contributed by atoms with E-state index in [0.717, 1.165) is 27.2 Å². The fourth-order valence-corrected chi connectivity index (χ4v) is 2.38. The predicted octanol–water partition coefficient (Wildman–Crippen LogP) is 3.95. The van der Waals surface area contributed by atoms with Gasteiger partial charge in [0.1, 0.15) is 17.6 Å². The third-order valence-electron chi connectivity index (χ3n) is 3.07. The van der Waals surface area contributed by atoms with Crippen molar-refractivity contribution in [2.24, 2.45) is 0 Å². The predicted molar refractivity (Wildman–Crippen MR) is 85.7 cm³/mol. The second-order valence-electron chi connectivity index (χ2n) is 4.34. The van der Waals surface area contributed by atoms with E-state index in [9.17, 15) is 0 Å². The van der Waals surface area contributed by atoms with Crippen LogP contribution in [0.15, 0.2) is 40.9 Å². The molecule has 0 bridgehead atoms. The van der Waals surface area contributed by atoms with E-state index in [1.807, 2.05) is 30.3 Å². The molecule has 108 valence electrons. The van der Waals surface area contributed by atoms with E-state index < -0.39 is 0 Å². The summed E-state index contributed by atoms with van der Waals surface area (Å²) in [6.45, 7) is 0.617. The molecule has 0 radical (unpaired) electrons. The van der Waals surface area contributed by atoms with Crippen LogP contribution in [0.3, 0.4) is 0 Å². The van der Waals surface area contributed by atoms with Crippen LogP contribution in [0.1, 0.15) is 11.1 Å². The molecule has 0 spiro atoms. The molecule has 0 aliphatic heterocycles. The summed E-state index contributed by atoms with van der Waals surface area (Å²) in [5.74, 6) is 1.53. The van der Waals surface area contributed by atoms with E-state index in [0.29, 0.717) is 12.1 Å². The fraction of sp³-hybridized carbons (Fsp3) is 0.188. The van der Waals surface area contributed by atoms with Crippen LogP contribution in [0.25, 0.3) is 0 Å². The van der Waals surface area contributed by atoms with Crippen molar-refractivity contribution >= 4 is 21.6 Å². The molecule has 0 aliphatic rings. The van der Waals surface area contributed by atoms with Gasteiger partial charge in [-0.2, -0.15) is 5.26 Å². The van der Waals surface area contributed by atoms with Crippen LogP contribution in [-0.4, -0.2) is 14.2 Å². The van der Waals surface area contributed by atoms with Crippen molar-refractivity contribution in [1.29, 1.82) is 5.26 Å². The third-order valence-corrected chi connectivity index (χ3v) is 3.72. The molecule has 0 aliphatic carbocycles. The molecule has 2 aromatic carbocycles. The van der Waals surface area contributed by atoms with Gasteiger partial charge in [-0.1, -0.05) is 0 Å². The smallest absolute Gasteiger partial charge is 0.127 e. The average molecular weight is 347 g/mol. The van der Waals surface area contributed by atoms with E-state index >= 15 is 0 Å². The Morgan fingerprint density at radius 2 is 1.95 bits per heavy atom. The Labute approximate surface area is 132 Å². The van der Waals surface area contributed by atoms with Gasteiger partial charge in [0.25, 0.3) is 0 Å². The summed E-state index contributed by atoms with van der Waals surface area (Å²) in [4.78, 5) is 0. The van der Waals surface area contributed by atoms with Gasteiger partial charge in [-0.15, -0.1) is 0 Å². The first kappa shape index (κ1) is 15.2. The van der Waals surface area contributed by atoms with Crippen LogP contribution in [0.4, 0.5) is 5.69 Å². The number of anilines is 1. The normalized spacial score (nSPS) is 9.81. The first-order valence-corrected chi connectivity index (χ1v) is 7.11. The highest BCUT2D eigenvalue weighted by Crippen LogP contribution is 2.26. The zero-order chi connectivity index (χ0) is 15.2. The molecular formula is C16H15BrN2O2. The minimum absolute atomic E-state index is 0.613. The van der Waals surface area contributed by atoms with E-state index in [4.69, 9.17) is 14.7 Å². The van der Waals surface area contributed by atoms with Gasteiger partial charge in [-0.05, 0) is 46.3 Å². The van der Waals surface area contributed by atoms with Gasteiger partial charge in [0.2, 0.25) is 0 Å². The largest absolute Gasteiger partial charge is 0.497 e. The quantitative estimate of drug-likeness (QED) is 0.890. The Kier molecular flexibility index (Phi) is 5.07. The van der Waals surface area contributed by atoms with Gasteiger partial charge in [0.15, 0.2) is 0 Å². The summed E-state index contributed by atoms with van der Waals surface area (Å²) in [7, 11) is 3.26. The molecule has 0 saturated carbocycles. The lowest BCUT2D eigenvalue weighted by molar-refractivity contribution is 0.391. The Hall–Kier alpha value is -2.19. The Morgan fingerprint density at radius 3 is 2.57 bits per heavy atom. The third kappa shape index (κ3) is 3.67. The van der Waals surface area contributed by atoms with Crippen molar-refractivity contribution in [2.45, 2.75) is 6.54 Å². The van der Waals surface area contributed by atoms with Gasteiger partial charge < -0.3 is 14.8 Å². The van der Waals surface area contributed by atoms with E-state index in [1.165, 1.54) is 0 Å². The number of rotatable bonds is 5. The minimum atomic E-state index is 0.613. The van der Waals surface area contributed by atoms with Crippen molar-refractivity contribution < 1.29 is 9.47 Å². The summed E-state index contributed by atoms with van der Waals surface area (Å²) in [6.07, 6.45) is 0. The first-order valence-electron chi connectivity index (χ1n) is 6.32. The molecule has 4 nitrogen and oxygen atoms in total. The Balaban J connectivity index is 2.13. The van der Waals surface area contributed by atoms with Crippen LogP contribution in [0.2, 0.25) is 0 Å². The number of hydrogen-bond acceptors (Lipinski definition) is 4. The molecule has 2 aromatic rings. The van der Waals surface area contributed by atoms with Crippen LogP contribution < -0.4 is 14.8 Å². The highest BCUT2D eigenvalue weighted by atomic mass is 79.9. The molecule has 0 heterocycles. The number of methoxy groups -OCH3 is 2. The number of ether oxygens (including phenoxy) is 2. The van der Waals surface area contributed by atoms with E-state index in [1.54, 1.807) is 20.3 Å². The van der Waals surface area contributed by atoms with Gasteiger partial charge in [-0.25, -0.2) is 0 Å². The Morgan fingerprint density at radius 1 is 1.14 bits per heavy atom. The van der Waals surface area contributed by atoms with Crippen molar-refractivity contribution in [3.63, 3.8) is 0 Å².